The van der Waals surface area contributed by atoms with E-state index in [-0.39, 0.29) is 12.5 Å². The van der Waals surface area contributed by atoms with Gasteiger partial charge in [0.05, 0.1) is 26.1 Å². The van der Waals surface area contributed by atoms with E-state index >= 15 is 0 Å². The Kier molecular flexibility index (Phi) is 6.52. The second kappa shape index (κ2) is 9.45. The molecule has 0 saturated carbocycles. The number of aromatic nitrogens is 1. The molecule has 7 heteroatoms. The van der Waals surface area contributed by atoms with Gasteiger partial charge in [-0.05, 0) is 43.3 Å². The summed E-state index contributed by atoms with van der Waals surface area (Å²) in [5, 5.41) is 5.93. The molecule has 0 aliphatic heterocycles. The van der Waals surface area contributed by atoms with Crippen molar-refractivity contribution in [2.45, 2.75) is 6.92 Å². The molecular formula is C22H23N3O4. The topological polar surface area (TPSA) is 81.7 Å². The van der Waals surface area contributed by atoms with Gasteiger partial charge in [0.2, 0.25) is 0 Å². The molecule has 1 amide bonds. The molecular weight excluding hydrogens is 370 g/mol. The molecule has 0 fully saturated rings. The van der Waals surface area contributed by atoms with Crippen LogP contribution in [0.1, 0.15) is 5.56 Å². The maximum Gasteiger partial charge on any atom is 0.263 e. The molecule has 150 valence electrons. The predicted molar refractivity (Wildman–Crippen MR) is 112 cm³/mol. The molecule has 1 aromatic heterocycles. The second-order valence-electron chi connectivity index (χ2n) is 6.28. The van der Waals surface area contributed by atoms with Crippen LogP contribution in [0, 0.1) is 6.92 Å². The number of ether oxygens (including phenoxy) is 3. The first-order valence-corrected chi connectivity index (χ1v) is 9.02. The van der Waals surface area contributed by atoms with Gasteiger partial charge in [-0.3, -0.25) is 4.79 Å². The third-order valence-corrected chi connectivity index (χ3v) is 4.09. The number of hydrogen-bond acceptors (Lipinski definition) is 6. The molecule has 0 spiro atoms. The van der Waals surface area contributed by atoms with Crippen molar-refractivity contribution in [2.24, 2.45) is 0 Å². The molecule has 0 atom stereocenters. The number of methoxy groups -OCH3 is 2. The van der Waals surface area contributed by atoms with Gasteiger partial charge >= 0.3 is 0 Å². The molecule has 1 heterocycles. The number of nitrogens with zero attached hydrogens (tertiary/aromatic N) is 1. The molecule has 0 aliphatic rings. The Morgan fingerprint density at radius 2 is 1.66 bits per heavy atom. The fourth-order valence-electron chi connectivity index (χ4n) is 2.58. The van der Waals surface area contributed by atoms with E-state index in [9.17, 15) is 4.79 Å². The standard InChI is InChI=1S/C22H23N3O4/c1-15-4-8-18(9-5-15)29-14-22(26)25-21-11-7-17(13-23-21)24-16-6-10-19(27-2)20(12-16)28-3/h4-13,24H,14H2,1-3H3,(H,23,25,26). The minimum absolute atomic E-state index is 0.0869. The Morgan fingerprint density at radius 1 is 0.931 bits per heavy atom. The fraction of sp³-hybridized carbons (Fsp3) is 0.182. The third kappa shape index (κ3) is 5.62. The maximum absolute atomic E-state index is 12.0. The molecule has 3 rings (SSSR count). The first kappa shape index (κ1) is 20.0. The summed E-state index contributed by atoms with van der Waals surface area (Å²) < 4.78 is 16.0. The smallest absolute Gasteiger partial charge is 0.263 e. The highest BCUT2D eigenvalue weighted by atomic mass is 16.5. The quantitative estimate of drug-likeness (QED) is 0.598. The van der Waals surface area contributed by atoms with Crippen LogP contribution in [-0.2, 0) is 4.79 Å². The van der Waals surface area contributed by atoms with Gasteiger partial charge in [-0.25, -0.2) is 4.98 Å². The van der Waals surface area contributed by atoms with Crippen molar-refractivity contribution in [3.05, 3.63) is 66.4 Å². The number of anilines is 3. The summed E-state index contributed by atoms with van der Waals surface area (Å²) in [7, 11) is 3.18. The van der Waals surface area contributed by atoms with Crippen molar-refractivity contribution in [2.75, 3.05) is 31.5 Å². The molecule has 0 aliphatic carbocycles. The zero-order valence-electron chi connectivity index (χ0n) is 16.6. The van der Waals surface area contributed by atoms with Crippen molar-refractivity contribution in [3.8, 4) is 17.2 Å². The van der Waals surface area contributed by atoms with Gasteiger partial charge in [-0.15, -0.1) is 0 Å². The lowest BCUT2D eigenvalue weighted by Crippen LogP contribution is -2.20. The number of nitrogens with one attached hydrogen (secondary N) is 2. The van der Waals surface area contributed by atoms with Gasteiger partial charge in [0.15, 0.2) is 18.1 Å². The van der Waals surface area contributed by atoms with Crippen LogP contribution in [0.25, 0.3) is 0 Å². The molecule has 0 radical (unpaired) electrons. The van der Waals surface area contributed by atoms with Gasteiger partial charge in [-0.2, -0.15) is 0 Å². The largest absolute Gasteiger partial charge is 0.493 e. The maximum atomic E-state index is 12.0. The average Bonchev–Trinajstić information content (AvgIpc) is 2.74. The van der Waals surface area contributed by atoms with Crippen LogP contribution in [0.2, 0.25) is 0 Å². The van der Waals surface area contributed by atoms with E-state index in [1.165, 1.54) is 0 Å². The molecule has 0 bridgehead atoms. The summed E-state index contributed by atoms with van der Waals surface area (Å²) in [5.41, 5.74) is 2.73. The van der Waals surface area contributed by atoms with Crippen LogP contribution in [0.15, 0.2) is 60.8 Å². The zero-order valence-corrected chi connectivity index (χ0v) is 16.6. The van der Waals surface area contributed by atoms with Gasteiger partial charge < -0.3 is 24.8 Å². The van der Waals surface area contributed by atoms with Gasteiger partial charge in [-0.1, -0.05) is 17.7 Å². The molecule has 0 saturated heterocycles. The SMILES string of the molecule is COc1ccc(Nc2ccc(NC(=O)COc3ccc(C)cc3)nc2)cc1OC. The number of benzene rings is 2. The van der Waals surface area contributed by atoms with Gasteiger partial charge in [0.1, 0.15) is 11.6 Å². The van der Waals surface area contributed by atoms with Crippen molar-refractivity contribution < 1.29 is 19.0 Å². The average molecular weight is 393 g/mol. The molecule has 0 unspecified atom stereocenters. The van der Waals surface area contributed by atoms with E-state index in [0.717, 1.165) is 16.9 Å². The van der Waals surface area contributed by atoms with Crippen molar-refractivity contribution in [1.29, 1.82) is 0 Å². The van der Waals surface area contributed by atoms with Crippen LogP contribution >= 0.6 is 0 Å². The first-order chi connectivity index (χ1) is 14.1. The van der Waals surface area contributed by atoms with E-state index in [4.69, 9.17) is 14.2 Å². The summed E-state index contributed by atoms with van der Waals surface area (Å²) >= 11 is 0. The lowest BCUT2D eigenvalue weighted by atomic mass is 10.2. The number of hydrogen-bond donors (Lipinski definition) is 2. The Morgan fingerprint density at radius 3 is 2.31 bits per heavy atom. The number of carbonyl (C=O) groups excluding carboxylic acids is 1. The van der Waals surface area contributed by atoms with Crippen LogP contribution in [-0.4, -0.2) is 31.7 Å². The molecule has 2 N–H and O–H groups in total. The summed E-state index contributed by atoms with van der Waals surface area (Å²) in [6, 6.07) is 16.6. The lowest BCUT2D eigenvalue weighted by molar-refractivity contribution is -0.118. The van der Waals surface area contributed by atoms with E-state index in [1.54, 1.807) is 26.5 Å². The Labute approximate surface area is 169 Å². The summed E-state index contributed by atoms with van der Waals surface area (Å²) in [6.07, 6.45) is 1.63. The number of pyridine rings is 1. The van der Waals surface area contributed by atoms with Crippen molar-refractivity contribution >= 4 is 23.1 Å². The minimum Gasteiger partial charge on any atom is -0.493 e. The van der Waals surface area contributed by atoms with Crippen LogP contribution < -0.4 is 24.8 Å². The van der Waals surface area contributed by atoms with E-state index < -0.39 is 0 Å². The molecule has 3 aromatic rings. The number of amides is 1. The van der Waals surface area contributed by atoms with E-state index in [2.05, 4.69) is 15.6 Å². The summed E-state index contributed by atoms with van der Waals surface area (Å²) in [4.78, 5) is 16.3. The van der Waals surface area contributed by atoms with Crippen LogP contribution in [0.3, 0.4) is 0 Å². The lowest BCUT2D eigenvalue weighted by Gasteiger charge is -2.11. The van der Waals surface area contributed by atoms with E-state index in [1.807, 2.05) is 55.5 Å². The Balaban J connectivity index is 1.54. The summed E-state index contributed by atoms with van der Waals surface area (Å²) in [6.45, 7) is 1.90. The van der Waals surface area contributed by atoms with Crippen LogP contribution in [0.5, 0.6) is 17.2 Å². The molecule has 29 heavy (non-hydrogen) atoms. The third-order valence-electron chi connectivity index (χ3n) is 4.09. The van der Waals surface area contributed by atoms with Crippen molar-refractivity contribution in [3.63, 3.8) is 0 Å². The van der Waals surface area contributed by atoms with Gasteiger partial charge in [0, 0.05) is 11.8 Å². The number of carbonyl (C=O) groups is 1. The normalized spacial score (nSPS) is 10.2. The Hall–Kier alpha value is -3.74. The van der Waals surface area contributed by atoms with Crippen molar-refractivity contribution in [1.82, 2.24) is 4.98 Å². The predicted octanol–water partition coefficient (Wildman–Crippen LogP) is 4.17. The first-order valence-electron chi connectivity index (χ1n) is 9.02. The highest BCUT2D eigenvalue weighted by Gasteiger charge is 2.07. The van der Waals surface area contributed by atoms with Gasteiger partial charge in [0.25, 0.3) is 5.91 Å². The van der Waals surface area contributed by atoms with Crippen LogP contribution in [0.4, 0.5) is 17.2 Å². The number of rotatable bonds is 8. The molecule has 7 nitrogen and oxygen atoms in total. The second-order valence-corrected chi connectivity index (χ2v) is 6.28. The Bertz CT molecular complexity index is 957. The minimum atomic E-state index is -0.279. The summed E-state index contributed by atoms with van der Waals surface area (Å²) in [5.74, 6) is 2.09. The molecule has 2 aromatic carbocycles. The fourth-order valence-corrected chi connectivity index (χ4v) is 2.58. The highest BCUT2D eigenvalue weighted by Crippen LogP contribution is 2.31. The monoisotopic (exact) mass is 393 g/mol. The number of aryl methyl sites for hydroxylation is 1. The zero-order chi connectivity index (χ0) is 20.6. The van der Waals surface area contributed by atoms with E-state index in [0.29, 0.717) is 23.1 Å². The highest BCUT2D eigenvalue weighted by molar-refractivity contribution is 5.91.